The minimum Gasteiger partial charge on any atom is -0.319 e. The lowest BCUT2D eigenvalue weighted by Crippen LogP contribution is -2.46. The van der Waals surface area contributed by atoms with Crippen LogP contribution in [-0.4, -0.2) is 37.2 Å². The zero-order valence-corrected chi connectivity index (χ0v) is 18.4. The maximum Gasteiger partial charge on any atom is 0.319 e. The molecule has 3 heterocycles. The zero-order valence-electron chi connectivity index (χ0n) is 16.8. The number of carbonyl (C=O) groups excluding carboxylic acids is 1. The van der Waals surface area contributed by atoms with Gasteiger partial charge in [0.2, 0.25) is 5.95 Å². The third-order valence-corrected chi connectivity index (χ3v) is 5.81. The van der Waals surface area contributed by atoms with Crippen molar-refractivity contribution < 1.29 is 4.79 Å². The van der Waals surface area contributed by atoms with Gasteiger partial charge in [0.25, 0.3) is 0 Å². The third-order valence-electron chi connectivity index (χ3n) is 5.07. The fraction of sp³-hybridized carbons (Fsp3) is 0.300. The minimum absolute atomic E-state index is 0.276. The lowest BCUT2D eigenvalue weighted by Gasteiger charge is -2.29. The van der Waals surface area contributed by atoms with Crippen LogP contribution in [0.2, 0.25) is 10.0 Å². The van der Waals surface area contributed by atoms with Crippen LogP contribution >= 0.6 is 23.2 Å². The van der Waals surface area contributed by atoms with Gasteiger partial charge < -0.3 is 21.3 Å². The Bertz CT molecular complexity index is 1100. The molecule has 1 aliphatic rings. The van der Waals surface area contributed by atoms with Crippen LogP contribution in [0.4, 0.5) is 16.6 Å². The Kier molecular flexibility index (Phi) is 6.26. The Balaban J connectivity index is 1.43. The number of rotatable bonds is 5. The molecule has 0 radical (unpaired) electrons. The van der Waals surface area contributed by atoms with Gasteiger partial charge in [0, 0.05) is 25.4 Å². The number of nitrogens with zero attached hydrogens (tertiary/aromatic N) is 5. The molecule has 9 nitrogen and oxygen atoms in total. The predicted molar refractivity (Wildman–Crippen MR) is 119 cm³/mol. The number of carbonyl (C=O) groups is 1. The number of aromatic nitrogens is 4. The summed E-state index contributed by atoms with van der Waals surface area (Å²) in [6.45, 7) is 3.64. The molecule has 162 valence electrons. The molecule has 11 heteroatoms. The molecule has 1 atom stereocenters. The van der Waals surface area contributed by atoms with Gasteiger partial charge in [-0.25, -0.2) is 19.4 Å². The van der Waals surface area contributed by atoms with Gasteiger partial charge in [-0.1, -0.05) is 29.3 Å². The number of nitrogens with one attached hydrogen (secondary N) is 2. The van der Waals surface area contributed by atoms with Gasteiger partial charge in [-0.2, -0.15) is 5.10 Å². The number of hydrogen-bond acceptors (Lipinski definition) is 6. The van der Waals surface area contributed by atoms with Gasteiger partial charge in [-0.3, -0.25) is 0 Å². The monoisotopic (exact) mass is 460 g/mol. The van der Waals surface area contributed by atoms with E-state index >= 15 is 0 Å². The molecular formula is C20H22Cl2N8O. The van der Waals surface area contributed by atoms with Crippen molar-refractivity contribution in [2.75, 3.05) is 11.9 Å². The van der Waals surface area contributed by atoms with E-state index in [0.29, 0.717) is 41.1 Å². The summed E-state index contributed by atoms with van der Waals surface area (Å²) in [4.78, 5) is 23.4. The number of benzene rings is 1. The Morgan fingerprint density at radius 1 is 1.29 bits per heavy atom. The average molecular weight is 461 g/mol. The van der Waals surface area contributed by atoms with E-state index in [1.54, 1.807) is 35.5 Å². The molecular weight excluding hydrogens is 439 g/mol. The molecule has 4 N–H and O–H groups in total. The highest BCUT2D eigenvalue weighted by Gasteiger charge is 2.24. The molecule has 0 aliphatic carbocycles. The fourth-order valence-electron chi connectivity index (χ4n) is 3.36. The first kappa shape index (κ1) is 21.4. The number of hydrogen-bond donors (Lipinski definition) is 3. The Labute approximate surface area is 189 Å². The first-order valence-corrected chi connectivity index (χ1v) is 10.6. The van der Waals surface area contributed by atoms with E-state index in [1.807, 2.05) is 17.7 Å². The van der Waals surface area contributed by atoms with Gasteiger partial charge >= 0.3 is 6.03 Å². The van der Waals surface area contributed by atoms with Crippen molar-refractivity contribution in [2.45, 2.75) is 32.6 Å². The molecule has 1 aromatic carbocycles. The van der Waals surface area contributed by atoms with E-state index in [0.717, 1.165) is 23.6 Å². The highest BCUT2D eigenvalue weighted by Crippen LogP contribution is 2.25. The van der Waals surface area contributed by atoms with Crippen LogP contribution < -0.4 is 16.4 Å². The standard InChI is InChI=1S/C20H22Cl2N8O/c1-2-30-17(5-7-25-30)27-19-24-10-13-6-8-29(11-16(13)26-19)20(31)28-18(23)12-3-4-14(21)15(22)9-12/h3-5,7,9-10,18H,2,6,8,11,23H2,1H3,(H,28,31)(H,24,26,27)/t18-/m0/s1. The molecule has 2 aromatic heterocycles. The number of anilines is 2. The topological polar surface area (TPSA) is 114 Å². The second kappa shape index (κ2) is 9.09. The normalized spacial score (nSPS) is 14.1. The van der Waals surface area contributed by atoms with E-state index in [4.69, 9.17) is 28.9 Å². The molecule has 0 fully saturated rings. The van der Waals surface area contributed by atoms with Crippen molar-refractivity contribution >= 4 is 41.0 Å². The molecule has 0 spiro atoms. The number of aryl methyl sites for hydroxylation is 1. The van der Waals surface area contributed by atoms with Crippen molar-refractivity contribution in [2.24, 2.45) is 5.73 Å². The van der Waals surface area contributed by atoms with Crippen LogP contribution in [0.25, 0.3) is 0 Å². The number of halogens is 2. The summed E-state index contributed by atoms with van der Waals surface area (Å²) in [5, 5.41) is 11.0. The molecule has 0 saturated carbocycles. The Morgan fingerprint density at radius 3 is 2.90 bits per heavy atom. The second-order valence-corrected chi connectivity index (χ2v) is 7.91. The Morgan fingerprint density at radius 2 is 2.13 bits per heavy atom. The van der Waals surface area contributed by atoms with Gasteiger partial charge in [0.05, 0.1) is 28.5 Å². The third kappa shape index (κ3) is 4.73. The highest BCUT2D eigenvalue weighted by atomic mass is 35.5. The molecule has 0 saturated heterocycles. The molecule has 2 amide bonds. The first-order chi connectivity index (χ1) is 14.9. The minimum atomic E-state index is -0.708. The Hall–Kier alpha value is -2.88. The van der Waals surface area contributed by atoms with E-state index in [1.165, 1.54) is 0 Å². The average Bonchev–Trinajstić information content (AvgIpc) is 3.22. The van der Waals surface area contributed by atoms with Crippen molar-refractivity contribution in [3.05, 3.63) is 63.5 Å². The maximum absolute atomic E-state index is 12.8. The van der Waals surface area contributed by atoms with Gasteiger partial charge in [-0.05, 0) is 36.6 Å². The number of nitrogens with two attached hydrogens (primary N) is 1. The van der Waals surface area contributed by atoms with Crippen molar-refractivity contribution in [1.82, 2.24) is 30.0 Å². The lowest BCUT2D eigenvalue weighted by atomic mass is 10.1. The van der Waals surface area contributed by atoms with Crippen LogP contribution in [0.1, 0.15) is 29.9 Å². The summed E-state index contributed by atoms with van der Waals surface area (Å²) in [5.74, 6) is 1.27. The predicted octanol–water partition coefficient (Wildman–Crippen LogP) is 3.47. The molecule has 31 heavy (non-hydrogen) atoms. The summed E-state index contributed by atoms with van der Waals surface area (Å²) in [6.07, 6.45) is 3.47. The van der Waals surface area contributed by atoms with Gasteiger partial charge in [0.1, 0.15) is 12.0 Å². The summed E-state index contributed by atoms with van der Waals surface area (Å²) in [5.41, 5.74) is 8.62. The van der Waals surface area contributed by atoms with Gasteiger partial charge in [-0.15, -0.1) is 0 Å². The summed E-state index contributed by atoms with van der Waals surface area (Å²) < 4.78 is 1.81. The number of urea groups is 1. The van der Waals surface area contributed by atoms with Crippen LogP contribution in [0.3, 0.4) is 0 Å². The van der Waals surface area contributed by atoms with Crippen LogP contribution in [0.15, 0.2) is 36.7 Å². The molecule has 0 bridgehead atoms. The van der Waals surface area contributed by atoms with Crippen LogP contribution in [0, 0.1) is 0 Å². The fourth-order valence-corrected chi connectivity index (χ4v) is 3.66. The molecule has 4 rings (SSSR count). The summed E-state index contributed by atoms with van der Waals surface area (Å²) in [6, 6.07) is 6.61. The largest absolute Gasteiger partial charge is 0.319 e. The van der Waals surface area contributed by atoms with Crippen LogP contribution in [-0.2, 0) is 19.5 Å². The number of fused-ring (bicyclic) bond motifs is 1. The van der Waals surface area contributed by atoms with E-state index in [-0.39, 0.29) is 6.03 Å². The van der Waals surface area contributed by atoms with Crippen LogP contribution in [0.5, 0.6) is 0 Å². The van der Waals surface area contributed by atoms with E-state index in [2.05, 4.69) is 25.7 Å². The SMILES string of the molecule is CCn1nccc1Nc1ncc2c(n1)CN(C(=O)N[C@H](N)c1ccc(Cl)c(Cl)c1)CC2. The molecule has 3 aromatic rings. The molecule has 1 aliphatic heterocycles. The summed E-state index contributed by atoms with van der Waals surface area (Å²) >= 11 is 12.0. The quantitative estimate of drug-likeness (QED) is 0.502. The van der Waals surface area contributed by atoms with Crippen molar-refractivity contribution in [1.29, 1.82) is 0 Å². The van der Waals surface area contributed by atoms with E-state index < -0.39 is 6.17 Å². The lowest BCUT2D eigenvalue weighted by molar-refractivity contribution is 0.187. The smallest absolute Gasteiger partial charge is 0.319 e. The molecule has 0 unspecified atom stereocenters. The first-order valence-electron chi connectivity index (χ1n) is 9.84. The maximum atomic E-state index is 12.8. The van der Waals surface area contributed by atoms with E-state index in [9.17, 15) is 4.79 Å². The van der Waals surface area contributed by atoms with Crippen molar-refractivity contribution in [3.8, 4) is 0 Å². The number of amides is 2. The highest BCUT2D eigenvalue weighted by molar-refractivity contribution is 6.42. The van der Waals surface area contributed by atoms with Crippen molar-refractivity contribution in [3.63, 3.8) is 0 Å². The van der Waals surface area contributed by atoms with Gasteiger partial charge in [0.15, 0.2) is 0 Å². The second-order valence-electron chi connectivity index (χ2n) is 7.10. The summed E-state index contributed by atoms with van der Waals surface area (Å²) in [7, 11) is 0. The zero-order chi connectivity index (χ0) is 22.0.